The first-order valence-electron chi connectivity index (χ1n) is 6.27. The minimum absolute atomic E-state index is 0.0268. The van der Waals surface area contributed by atoms with Crippen LogP contribution < -0.4 is 15.8 Å². The summed E-state index contributed by atoms with van der Waals surface area (Å²) >= 11 is 0. The van der Waals surface area contributed by atoms with Gasteiger partial charge in [0.1, 0.15) is 5.75 Å². The average Bonchev–Trinajstić information content (AvgIpc) is 2.79. The van der Waals surface area contributed by atoms with Gasteiger partial charge in [0.15, 0.2) is 0 Å². The number of carbonyl (C=O) groups excluding carboxylic acids is 1. The molecule has 1 atom stereocenters. The lowest BCUT2D eigenvalue weighted by atomic mass is 10.1. The van der Waals surface area contributed by atoms with Crippen molar-refractivity contribution in [2.75, 3.05) is 13.7 Å². The van der Waals surface area contributed by atoms with Crippen LogP contribution in [0, 0.1) is 0 Å². The lowest BCUT2D eigenvalue weighted by Crippen LogP contribution is -2.35. The van der Waals surface area contributed by atoms with E-state index in [1.165, 1.54) is 0 Å². The first-order valence-corrected chi connectivity index (χ1v) is 6.27. The van der Waals surface area contributed by atoms with Crippen LogP contribution in [-0.4, -0.2) is 30.6 Å². The van der Waals surface area contributed by atoms with E-state index in [4.69, 9.17) is 10.5 Å². The van der Waals surface area contributed by atoms with Crippen molar-refractivity contribution in [2.45, 2.75) is 19.4 Å². The molecule has 5 heteroatoms. The first-order chi connectivity index (χ1) is 9.11. The van der Waals surface area contributed by atoms with Crippen molar-refractivity contribution in [2.24, 2.45) is 5.73 Å². The Morgan fingerprint density at radius 2 is 2.32 bits per heavy atom. The quantitative estimate of drug-likeness (QED) is 0.756. The van der Waals surface area contributed by atoms with Crippen molar-refractivity contribution in [3.63, 3.8) is 0 Å². The molecule has 0 radical (unpaired) electrons. The number of nitrogens with two attached hydrogens (primary N) is 1. The van der Waals surface area contributed by atoms with Crippen LogP contribution in [0.25, 0.3) is 10.9 Å². The molecule has 102 valence electrons. The maximum atomic E-state index is 11.8. The van der Waals surface area contributed by atoms with Crippen LogP contribution in [0.1, 0.15) is 12.5 Å². The van der Waals surface area contributed by atoms with E-state index < -0.39 is 0 Å². The zero-order valence-electron chi connectivity index (χ0n) is 11.2. The molecule has 19 heavy (non-hydrogen) atoms. The highest BCUT2D eigenvalue weighted by Crippen LogP contribution is 2.27. The number of aromatic nitrogens is 1. The molecule has 1 aromatic heterocycles. The summed E-state index contributed by atoms with van der Waals surface area (Å²) < 4.78 is 5.28. The average molecular weight is 261 g/mol. The van der Waals surface area contributed by atoms with Crippen molar-refractivity contribution in [3.8, 4) is 5.75 Å². The number of aromatic amines is 1. The van der Waals surface area contributed by atoms with E-state index in [1.54, 1.807) is 7.11 Å². The SMILES string of the molecule is COc1cccc2c(CC(=O)NCC(C)N)c[nH]c12. The predicted molar refractivity (Wildman–Crippen MR) is 75.2 cm³/mol. The van der Waals surface area contributed by atoms with E-state index in [2.05, 4.69) is 10.3 Å². The number of methoxy groups -OCH3 is 1. The van der Waals surface area contributed by atoms with Crippen LogP contribution >= 0.6 is 0 Å². The van der Waals surface area contributed by atoms with Gasteiger partial charge in [-0.1, -0.05) is 12.1 Å². The number of hydrogen-bond donors (Lipinski definition) is 3. The number of hydrogen-bond acceptors (Lipinski definition) is 3. The Hall–Kier alpha value is -2.01. The van der Waals surface area contributed by atoms with Crippen molar-refractivity contribution in [1.29, 1.82) is 0 Å². The number of benzene rings is 1. The van der Waals surface area contributed by atoms with E-state index in [0.717, 1.165) is 22.2 Å². The number of amides is 1. The molecule has 5 nitrogen and oxygen atoms in total. The maximum Gasteiger partial charge on any atom is 0.224 e. The monoisotopic (exact) mass is 261 g/mol. The Morgan fingerprint density at radius 3 is 3.00 bits per heavy atom. The van der Waals surface area contributed by atoms with Crippen LogP contribution in [0.5, 0.6) is 5.75 Å². The molecule has 1 amide bonds. The summed E-state index contributed by atoms with van der Waals surface area (Å²) in [6, 6.07) is 5.74. The molecule has 2 rings (SSSR count). The van der Waals surface area contributed by atoms with Gasteiger partial charge < -0.3 is 20.8 Å². The number of rotatable bonds is 5. The Balaban J connectivity index is 2.15. The van der Waals surface area contributed by atoms with Gasteiger partial charge in [0, 0.05) is 24.2 Å². The fourth-order valence-corrected chi connectivity index (χ4v) is 2.01. The number of ether oxygens (including phenoxy) is 1. The molecule has 4 N–H and O–H groups in total. The van der Waals surface area contributed by atoms with Gasteiger partial charge in [-0.25, -0.2) is 0 Å². The summed E-state index contributed by atoms with van der Waals surface area (Å²) in [6.07, 6.45) is 2.18. The molecule has 0 saturated carbocycles. The van der Waals surface area contributed by atoms with E-state index in [-0.39, 0.29) is 11.9 Å². The van der Waals surface area contributed by atoms with E-state index >= 15 is 0 Å². The standard InChI is InChI=1S/C14H19N3O2/c1-9(15)7-16-13(18)6-10-8-17-14-11(10)4-3-5-12(14)19-2/h3-5,8-9,17H,6-7,15H2,1-2H3,(H,16,18). The second-order valence-electron chi connectivity index (χ2n) is 4.65. The van der Waals surface area contributed by atoms with Crippen LogP contribution in [0.15, 0.2) is 24.4 Å². The molecule has 1 aromatic carbocycles. The number of carbonyl (C=O) groups is 1. The molecule has 0 aliphatic carbocycles. The molecule has 0 aliphatic heterocycles. The van der Waals surface area contributed by atoms with Gasteiger partial charge in [-0.3, -0.25) is 4.79 Å². The Kier molecular flexibility index (Phi) is 4.06. The normalized spacial score (nSPS) is 12.4. The van der Waals surface area contributed by atoms with Gasteiger partial charge in [-0.15, -0.1) is 0 Å². The van der Waals surface area contributed by atoms with Crippen LogP contribution in [-0.2, 0) is 11.2 Å². The lowest BCUT2D eigenvalue weighted by molar-refractivity contribution is -0.120. The molecule has 0 spiro atoms. The highest BCUT2D eigenvalue weighted by atomic mass is 16.5. The van der Waals surface area contributed by atoms with Crippen molar-refractivity contribution in [3.05, 3.63) is 30.0 Å². The van der Waals surface area contributed by atoms with E-state index in [0.29, 0.717) is 13.0 Å². The van der Waals surface area contributed by atoms with Crippen molar-refractivity contribution in [1.82, 2.24) is 10.3 Å². The zero-order chi connectivity index (χ0) is 13.8. The summed E-state index contributed by atoms with van der Waals surface area (Å²) in [7, 11) is 1.63. The van der Waals surface area contributed by atoms with Gasteiger partial charge in [0.2, 0.25) is 5.91 Å². The molecular weight excluding hydrogens is 242 g/mol. The minimum atomic E-state index is -0.0352. The second-order valence-corrected chi connectivity index (χ2v) is 4.65. The summed E-state index contributed by atoms with van der Waals surface area (Å²) in [4.78, 5) is 14.9. The minimum Gasteiger partial charge on any atom is -0.495 e. The molecule has 0 fully saturated rings. The summed E-state index contributed by atoms with van der Waals surface area (Å²) in [5, 5.41) is 3.81. The van der Waals surface area contributed by atoms with Crippen molar-refractivity contribution >= 4 is 16.8 Å². The van der Waals surface area contributed by atoms with Gasteiger partial charge >= 0.3 is 0 Å². The maximum absolute atomic E-state index is 11.8. The third-order valence-electron chi connectivity index (χ3n) is 2.96. The van der Waals surface area contributed by atoms with Gasteiger partial charge in [-0.05, 0) is 18.6 Å². The van der Waals surface area contributed by atoms with Crippen molar-refractivity contribution < 1.29 is 9.53 Å². The molecule has 0 bridgehead atoms. The zero-order valence-corrected chi connectivity index (χ0v) is 11.2. The van der Waals surface area contributed by atoms with Gasteiger partial charge in [0.25, 0.3) is 0 Å². The highest BCUT2D eigenvalue weighted by molar-refractivity contribution is 5.92. The Labute approximate surface area is 112 Å². The van der Waals surface area contributed by atoms with Crippen LogP contribution in [0.3, 0.4) is 0 Å². The van der Waals surface area contributed by atoms with E-state index in [9.17, 15) is 4.79 Å². The molecule has 0 saturated heterocycles. The molecule has 0 aliphatic rings. The summed E-state index contributed by atoms with van der Waals surface area (Å²) in [6.45, 7) is 2.35. The van der Waals surface area contributed by atoms with Gasteiger partial charge in [-0.2, -0.15) is 0 Å². The third-order valence-corrected chi connectivity index (χ3v) is 2.96. The predicted octanol–water partition coefficient (Wildman–Crippen LogP) is 1.18. The van der Waals surface area contributed by atoms with E-state index in [1.807, 2.05) is 31.3 Å². The summed E-state index contributed by atoms with van der Waals surface area (Å²) in [5.41, 5.74) is 7.48. The molecule has 2 aromatic rings. The number of fused-ring (bicyclic) bond motifs is 1. The molecule has 1 heterocycles. The number of para-hydroxylation sites is 1. The first kappa shape index (κ1) is 13.4. The smallest absolute Gasteiger partial charge is 0.224 e. The Bertz CT molecular complexity index is 575. The molecular formula is C14H19N3O2. The lowest BCUT2D eigenvalue weighted by Gasteiger charge is -2.07. The second kappa shape index (κ2) is 5.75. The third kappa shape index (κ3) is 3.06. The highest BCUT2D eigenvalue weighted by Gasteiger charge is 2.11. The van der Waals surface area contributed by atoms with Crippen LogP contribution in [0.4, 0.5) is 0 Å². The van der Waals surface area contributed by atoms with Gasteiger partial charge in [0.05, 0.1) is 19.0 Å². The van der Waals surface area contributed by atoms with Crippen LogP contribution in [0.2, 0.25) is 0 Å². The largest absolute Gasteiger partial charge is 0.495 e. The summed E-state index contributed by atoms with van der Waals surface area (Å²) in [5.74, 6) is 0.751. The fraction of sp³-hybridized carbons (Fsp3) is 0.357. The molecule has 1 unspecified atom stereocenters. The topological polar surface area (TPSA) is 80.1 Å². The number of H-pyrrole nitrogens is 1. The fourth-order valence-electron chi connectivity index (χ4n) is 2.01. The Morgan fingerprint density at radius 1 is 1.53 bits per heavy atom. The number of nitrogens with one attached hydrogen (secondary N) is 2.